The number of pyridine rings is 1. The van der Waals surface area contributed by atoms with Gasteiger partial charge in [-0.15, -0.1) is 11.8 Å². The number of rotatable bonds is 4. The lowest BCUT2D eigenvalue weighted by atomic mass is 10.2. The molecular formula is C18H14F2N2OS. The van der Waals surface area contributed by atoms with Gasteiger partial charge in [-0.2, -0.15) is 0 Å². The largest absolute Gasteiger partial charge is 0.324 e. The molecule has 0 saturated heterocycles. The average molecular weight is 344 g/mol. The van der Waals surface area contributed by atoms with Crippen molar-refractivity contribution in [3.8, 4) is 0 Å². The van der Waals surface area contributed by atoms with E-state index in [1.165, 1.54) is 12.1 Å². The molecule has 24 heavy (non-hydrogen) atoms. The predicted octanol–water partition coefficient (Wildman–Crippen LogP) is 4.63. The summed E-state index contributed by atoms with van der Waals surface area (Å²) in [5.41, 5.74) is 1.43. The second kappa shape index (κ2) is 6.97. The van der Waals surface area contributed by atoms with E-state index < -0.39 is 16.9 Å². The van der Waals surface area contributed by atoms with Crippen LogP contribution in [0.2, 0.25) is 0 Å². The lowest BCUT2D eigenvalue weighted by Gasteiger charge is -2.13. The highest BCUT2D eigenvalue weighted by atomic mass is 32.2. The molecule has 122 valence electrons. The molecule has 3 aromatic rings. The summed E-state index contributed by atoms with van der Waals surface area (Å²) in [7, 11) is 0. The summed E-state index contributed by atoms with van der Waals surface area (Å²) in [4.78, 5) is 16.9. The molecule has 0 aliphatic carbocycles. The molecule has 2 aromatic carbocycles. The molecule has 3 nitrogen and oxygen atoms in total. The first-order valence-corrected chi connectivity index (χ1v) is 8.19. The van der Waals surface area contributed by atoms with Crippen LogP contribution >= 0.6 is 11.8 Å². The number of nitrogens with one attached hydrogen (secondary N) is 1. The van der Waals surface area contributed by atoms with Gasteiger partial charge in [0.1, 0.15) is 11.6 Å². The monoisotopic (exact) mass is 344 g/mol. The van der Waals surface area contributed by atoms with E-state index in [-0.39, 0.29) is 10.8 Å². The summed E-state index contributed by atoms with van der Waals surface area (Å²) < 4.78 is 26.7. The molecular weight excluding hydrogens is 330 g/mol. The molecule has 1 amide bonds. The number of aromatic nitrogens is 1. The Bertz CT molecular complexity index is 896. The number of halogens is 2. The SMILES string of the molecule is C[C@H](Sc1ccc(F)cc1F)C(=O)Nc1cccc2ncccc12. The van der Waals surface area contributed by atoms with Crippen molar-refractivity contribution in [2.24, 2.45) is 0 Å². The number of benzene rings is 2. The van der Waals surface area contributed by atoms with Crippen LogP contribution in [0.3, 0.4) is 0 Å². The van der Waals surface area contributed by atoms with E-state index in [0.717, 1.165) is 28.7 Å². The third-order valence-corrected chi connectivity index (χ3v) is 4.62. The molecule has 1 heterocycles. The van der Waals surface area contributed by atoms with E-state index in [9.17, 15) is 13.6 Å². The zero-order chi connectivity index (χ0) is 17.1. The molecule has 6 heteroatoms. The number of carbonyl (C=O) groups excluding carboxylic acids is 1. The number of carbonyl (C=O) groups is 1. The predicted molar refractivity (Wildman–Crippen MR) is 92.0 cm³/mol. The molecule has 0 unspecified atom stereocenters. The van der Waals surface area contributed by atoms with Gasteiger partial charge in [0.05, 0.1) is 16.5 Å². The fraction of sp³-hybridized carbons (Fsp3) is 0.111. The Kier molecular flexibility index (Phi) is 4.76. The van der Waals surface area contributed by atoms with Gasteiger partial charge in [0.15, 0.2) is 0 Å². The molecule has 0 aliphatic rings. The third kappa shape index (κ3) is 3.54. The highest BCUT2D eigenvalue weighted by Gasteiger charge is 2.17. The van der Waals surface area contributed by atoms with E-state index in [1.54, 1.807) is 25.3 Å². The zero-order valence-corrected chi connectivity index (χ0v) is 13.6. The van der Waals surface area contributed by atoms with Crippen LogP contribution in [0.4, 0.5) is 14.5 Å². The maximum absolute atomic E-state index is 13.7. The molecule has 1 N–H and O–H groups in total. The summed E-state index contributed by atoms with van der Waals surface area (Å²) in [6.45, 7) is 1.67. The normalized spacial score (nSPS) is 12.1. The smallest absolute Gasteiger partial charge is 0.237 e. The highest BCUT2D eigenvalue weighted by Crippen LogP contribution is 2.28. The van der Waals surface area contributed by atoms with Crippen molar-refractivity contribution in [1.82, 2.24) is 4.98 Å². The minimum absolute atomic E-state index is 0.235. The van der Waals surface area contributed by atoms with Gasteiger partial charge >= 0.3 is 0 Å². The van der Waals surface area contributed by atoms with Crippen molar-refractivity contribution in [1.29, 1.82) is 0 Å². The van der Waals surface area contributed by atoms with Crippen LogP contribution in [-0.4, -0.2) is 16.1 Å². The van der Waals surface area contributed by atoms with Crippen LogP contribution in [0, 0.1) is 11.6 Å². The quantitative estimate of drug-likeness (QED) is 0.702. The van der Waals surface area contributed by atoms with Gasteiger partial charge in [-0.3, -0.25) is 9.78 Å². The van der Waals surface area contributed by atoms with E-state index in [2.05, 4.69) is 10.3 Å². The molecule has 1 atom stereocenters. The Labute approximate surface area is 142 Å². The number of fused-ring (bicyclic) bond motifs is 1. The van der Waals surface area contributed by atoms with Gasteiger partial charge in [-0.25, -0.2) is 8.78 Å². The van der Waals surface area contributed by atoms with Gasteiger partial charge in [-0.05, 0) is 43.3 Å². The second-order valence-electron chi connectivity index (χ2n) is 5.20. The summed E-state index contributed by atoms with van der Waals surface area (Å²) in [5, 5.41) is 3.13. The first kappa shape index (κ1) is 16.4. The molecule has 1 aromatic heterocycles. The van der Waals surface area contributed by atoms with E-state index >= 15 is 0 Å². The van der Waals surface area contributed by atoms with Crippen molar-refractivity contribution < 1.29 is 13.6 Å². The molecule has 0 bridgehead atoms. The standard InChI is InChI=1S/C18H14F2N2OS/c1-11(24-17-8-7-12(19)10-14(17)20)18(23)22-16-6-2-5-15-13(16)4-3-9-21-15/h2-11H,1H3,(H,22,23)/t11-/m0/s1. The molecule has 0 aliphatic heterocycles. The summed E-state index contributed by atoms with van der Waals surface area (Å²) in [6.07, 6.45) is 1.68. The van der Waals surface area contributed by atoms with Crippen LogP contribution in [0.1, 0.15) is 6.92 Å². The van der Waals surface area contributed by atoms with Crippen LogP contribution in [0.25, 0.3) is 10.9 Å². The molecule has 0 radical (unpaired) electrons. The lowest BCUT2D eigenvalue weighted by Crippen LogP contribution is -2.22. The minimum Gasteiger partial charge on any atom is -0.324 e. The Hall–Kier alpha value is -2.47. The van der Waals surface area contributed by atoms with Crippen molar-refractivity contribution in [3.63, 3.8) is 0 Å². The van der Waals surface area contributed by atoms with Crippen LogP contribution < -0.4 is 5.32 Å². The Balaban J connectivity index is 1.76. The Morgan fingerprint density at radius 2 is 2.00 bits per heavy atom. The van der Waals surface area contributed by atoms with Crippen molar-refractivity contribution in [2.75, 3.05) is 5.32 Å². The Morgan fingerprint density at radius 1 is 1.17 bits per heavy atom. The van der Waals surface area contributed by atoms with E-state index in [4.69, 9.17) is 0 Å². The molecule has 0 spiro atoms. The number of amides is 1. The average Bonchev–Trinajstić information content (AvgIpc) is 2.57. The van der Waals surface area contributed by atoms with Gasteiger partial charge in [-0.1, -0.05) is 6.07 Å². The van der Waals surface area contributed by atoms with Crippen molar-refractivity contribution >= 4 is 34.3 Å². The fourth-order valence-corrected chi connectivity index (χ4v) is 3.13. The van der Waals surface area contributed by atoms with Crippen molar-refractivity contribution in [3.05, 3.63) is 66.4 Å². The summed E-state index contributed by atoms with van der Waals surface area (Å²) >= 11 is 1.04. The van der Waals surface area contributed by atoms with Crippen LogP contribution in [0.5, 0.6) is 0 Å². The highest BCUT2D eigenvalue weighted by molar-refractivity contribution is 8.00. The minimum atomic E-state index is -0.672. The van der Waals surface area contributed by atoms with Crippen LogP contribution in [0.15, 0.2) is 59.6 Å². The van der Waals surface area contributed by atoms with Gasteiger partial charge < -0.3 is 5.32 Å². The topological polar surface area (TPSA) is 42.0 Å². The number of hydrogen-bond donors (Lipinski definition) is 1. The number of anilines is 1. The van der Waals surface area contributed by atoms with Gasteiger partial charge in [0.2, 0.25) is 5.91 Å². The van der Waals surface area contributed by atoms with Crippen molar-refractivity contribution in [2.45, 2.75) is 17.1 Å². The lowest BCUT2D eigenvalue weighted by molar-refractivity contribution is -0.115. The van der Waals surface area contributed by atoms with Gasteiger partial charge in [0.25, 0.3) is 0 Å². The molecule has 3 rings (SSSR count). The summed E-state index contributed by atoms with van der Waals surface area (Å²) in [5.74, 6) is -1.58. The first-order valence-electron chi connectivity index (χ1n) is 7.31. The van der Waals surface area contributed by atoms with Crippen LogP contribution in [-0.2, 0) is 4.79 Å². The van der Waals surface area contributed by atoms with E-state index in [0.29, 0.717) is 5.69 Å². The van der Waals surface area contributed by atoms with Gasteiger partial charge in [0, 0.05) is 22.5 Å². The maximum atomic E-state index is 13.7. The zero-order valence-electron chi connectivity index (χ0n) is 12.8. The number of thioether (sulfide) groups is 1. The molecule has 0 fully saturated rings. The number of hydrogen-bond acceptors (Lipinski definition) is 3. The molecule has 0 saturated carbocycles. The number of nitrogens with zero attached hydrogens (tertiary/aromatic N) is 1. The Morgan fingerprint density at radius 3 is 2.79 bits per heavy atom. The first-order chi connectivity index (χ1) is 11.5. The summed E-state index contributed by atoms with van der Waals surface area (Å²) in [6, 6.07) is 12.4. The fourth-order valence-electron chi connectivity index (χ4n) is 2.26. The third-order valence-electron chi connectivity index (χ3n) is 3.47. The van der Waals surface area contributed by atoms with E-state index in [1.807, 2.05) is 18.2 Å². The maximum Gasteiger partial charge on any atom is 0.237 e. The second-order valence-corrected chi connectivity index (χ2v) is 6.58.